The van der Waals surface area contributed by atoms with E-state index in [2.05, 4.69) is 38.1 Å². The van der Waals surface area contributed by atoms with E-state index in [1.54, 1.807) is 14.2 Å². The standard InChI is InChI=1S/C26H32O4/c1-17-18(2)26-20-10-12-22(28-4)24(16-20)30-14-8-6-5-7-13-29-23-15-19(25(17)26)9-11-21(23)27-3/h9-12,15-18H,5-8,13-14H2,1-4H3/t17-,18-/m1/s1. The Bertz CT molecular complexity index is 855. The number of allylic oxidation sites excluding steroid dienone is 2. The van der Waals surface area contributed by atoms with Crippen LogP contribution in [0.5, 0.6) is 23.0 Å². The fourth-order valence-electron chi connectivity index (χ4n) is 4.57. The Morgan fingerprint density at radius 1 is 0.667 bits per heavy atom. The molecule has 1 aliphatic carbocycles. The Kier molecular flexibility index (Phi) is 6.21. The van der Waals surface area contributed by atoms with Crippen molar-refractivity contribution < 1.29 is 18.9 Å². The minimum absolute atomic E-state index is 0.478. The average molecular weight is 409 g/mol. The van der Waals surface area contributed by atoms with Gasteiger partial charge in [0.1, 0.15) is 0 Å². The summed E-state index contributed by atoms with van der Waals surface area (Å²) in [5.41, 5.74) is 5.16. The SMILES string of the molecule is COc1ccc2cc1OCCCCCCOc1cc(ccc1OC)C1=C2[C@H](C)[C@H]1C. The quantitative estimate of drug-likeness (QED) is 0.590. The fraction of sp³-hybridized carbons (Fsp3) is 0.462. The minimum Gasteiger partial charge on any atom is -0.493 e. The molecule has 2 atom stereocenters. The van der Waals surface area contributed by atoms with Gasteiger partial charge in [0, 0.05) is 0 Å². The van der Waals surface area contributed by atoms with E-state index in [-0.39, 0.29) is 0 Å². The van der Waals surface area contributed by atoms with Gasteiger partial charge >= 0.3 is 0 Å². The summed E-state index contributed by atoms with van der Waals surface area (Å²) in [5, 5.41) is 0. The van der Waals surface area contributed by atoms with E-state index in [0.717, 1.165) is 48.7 Å². The van der Waals surface area contributed by atoms with Gasteiger partial charge in [0.15, 0.2) is 23.0 Å². The van der Waals surface area contributed by atoms with Crippen LogP contribution < -0.4 is 18.9 Å². The van der Waals surface area contributed by atoms with Crippen LogP contribution in [0.3, 0.4) is 0 Å². The van der Waals surface area contributed by atoms with Crippen molar-refractivity contribution in [3.05, 3.63) is 47.5 Å². The van der Waals surface area contributed by atoms with E-state index >= 15 is 0 Å². The molecule has 4 nitrogen and oxygen atoms in total. The number of fused-ring (bicyclic) bond motifs is 6. The first kappa shape index (κ1) is 20.6. The highest BCUT2D eigenvalue weighted by Gasteiger charge is 2.36. The Labute approximate surface area is 179 Å². The van der Waals surface area contributed by atoms with Gasteiger partial charge in [-0.05, 0) is 84.1 Å². The van der Waals surface area contributed by atoms with E-state index in [4.69, 9.17) is 18.9 Å². The number of rotatable bonds is 2. The molecule has 1 heterocycles. The van der Waals surface area contributed by atoms with Crippen molar-refractivity contribution in [2.24, 2.45) is 11.8 Å². The van der Waals surface area contributed by atoms with Gasteiger partial charge in [-0.15, -0.1) is 0 Å². The maximum Gasteiger partial charge on any atom is 0.161 e. The van der Waals surface area contributed by atoms with Gasteiger partial charge in [-0.1, -0.05) is 26.0 Å². The van der Waals surface area contributed by atoms with Crippen molar-refractivity contribution in [1.82, 2.24) is 0 Å². The van der Waals surface area contributed by atoms with Gasteiger partial charge < -0.3 is 18.9 Å². The van der Waals surface area contributed by atoms with Gasteiger partial charge in [-0.25, -0.2) is 0 Å². The van der Waals surface area contributed by atoms with Gasteiger partial charge in [-0.3, -0.25) is 0 Å². The summed E-state index contributed by atoms with van der Waals surface area (Å²) < 4.78 is 23.3. The van der Waals surface area contributed by atoms with Gasteiger partial charge in [0.25, 0.3) is 0 Å². The van der Waals surface area contributed by atoms with E-state index in [9.17, 15) is 0 Å². The Morgan fingerprint density at radius 2 is 1.10 bits per heavy atom. The summed E-state index contributed by atoms with van der Waals surface area (Å²) in [4.78, 5) is 0. The monoisotopic (exact) mass is 408 g/mol. The molecule has 0 saturated carbocycles. The highest BCUT2D eigenvalue weighted by atomic mass is 16.5. The first-order valence-electron chi connectivity index (χ1n) is 11.0. The molecule has 0 amide bonds. The predicted molar refractivity (Wildman–Crippen MR) is 121 cm³/mol. The molecule has 0 unspecified atom stereocenters. The third-order valence-electron chi connectivity index (χ3n) is 6.45. The van der Waals surface area contributed by atoms with E-state index in [0.29, 0.717) is 25.0 Å². The summed E-state index contributed by atoms with van der Waals surface area (Å²) in [6, 6.07) is 12.6. The summed E-state index contributed by atoms with van der Waals surface area (Å²) in [6.45, 7) is 6.00. The molecule has 0 spiro atoms. The molecule has 2 aromatic rings. The van der Waals surface area contributed by atoms with Crippen LogP contribution in [-0.2, 0) is 0 Å². The van der Waals surface area contributed by atoms with Crippen molar-refractivity contribution in [1.29, 1.82) is 0 Å². The van der Waals surface area contributed by atoms with Gasteiger partial charge in [-0.2, -0.15) is 0 Å². The third-order valence-corrected chi connectivity index (χ3v) is 6.45. The van der Waals surface area contributed by atoms with Crippen LogP contribution in [0.25, 0.3) is 11.1 Å². The second-order valence-corrected chi connectivity index (χ2v) is 8.25. The van der Waals surface area contributed by atoms with Crippen LogP contribution in [0.15, 0.2) is 36.4 Å². The molecule has 160 valence electrons. The van der Waals surface area contributed by atoms with Crippen molar-refractivity contribution in [2.75, 3.05) is 27.4 Å². The van der Waals surface area contributed by atoms with Crippen molar-refractivity contribution >= 4 is 11.1 Å². The molecular weight excluding hydrogens is 376 g/mol. The zero-order valence-corrected chi connectivity index (χ0v) is 18.5. The van der Waals surface area contributed by atoms with Crippen LogP contribution in [0.2, 0.25) is 0 Å². The lowest BCUT2D eigenvalue weighted by Gasteiger charge is -2.39. The highest BCUT2D eigenvalue weighted by Crippen LogP contribution is 2.53. The fourth-order valence-corrected chi connectivity index (χ4v) is 4.57. The number of ether oxygens (including phenoxy) is 4. The lowest BCUT2D eigenvalue weighted by Crippen LogP contribution is -2.24. The molecule has 4 bridgehead atoms. The van der Waals surface area contributed by atoms with Gasteiger partial charge in [0.05, 0.1) is 27.4 Å². The van der Waals surface area contributed by atoms with Crippen LogP contribution in [-0.4, -0.2) is 27.4 Å². The highest BCUT2D eigenvalue weighted by molar-refractivity contribution is 5.99. The maximum absolute atomic E-state index is 6.12. The summed E-state index contributed by atoms with van der Waals surface area (Å²) in [7, 11) is 3.40. The predicted octanol–water partition coefficient (Wildman–Crippen LogP) is 6.23. The molecule has 4 rings (SSSR count). The molecule has 2 aromatic carbocycles. The first-order chi connectivity index (χ1) is 14.6. The number of benzene rings is 2. The van der Waals surface area contributed by atoms with E-state index in [1.165, 1.54) is 22.3 Å². The smallest absolute Gasteiger partial charge is 0.161 e. The number of methoxy groups -OCH3 is 2. The summed E-state index contributed by atoms with van der Waals surface area (Å²) in [5.74, 6) is 4.21. The van der Waals surface area contributed by atoms with Crippen LogP contribution in [0.1, 0.15) is 50.7 Å². The average Bonchev–Trinajstić information content (AvgIpc) is 2.77. The van der Waals surface area contributed by atoms with E-state index in [1.807, 2.05) is 12.1 Å². The molecule has 0 N–H and O–H groups in total. The lowest BCUT2D eigenvalue weighted by atomic mass is 9.65. The lowest BCUT2D eigenvalue weighted by molar-refractivity contribution is 0.271. The zero-order valence-electron chi connectivity index (χ0n) is 18.5. The van der Waals surface area contributed by atoms with E-state index < -0.39 is 0 Å². The summed E-state index contributed by atoms with van der Waals surface area (Å²) >= 11 is 0. The zero-order chi connectivity index (χ0) is 21.1. The minimum atomic E-state index is 0.478. The maximum atomic E-state index is 6.12. The van der Waals surface area contributed by atoms with Crippen molar-refractivity contribution in [2.45, 2.75) is 39.5 Å². The van der Waals surface area contributed by atoms with Gasteiger partial charge in [0.2, 0.25) is 0 Å². The normalized spacial score (nSPS) is 21.6. The molecule has 0 radical (unpaired) electrons. The number of hydrogen-bond donors (Lipinski definition) is 0. The first-order valence-corrected chi connectivity index (χ1v) is 11.0. The molecule has 1 aliphatic heterocycles. The molecule has 0 saturated heterocycles. The van der Waals surface area contributed by atoms with Crippen molar-refractivity contribution in [3.8, 4) is 23.0 Å². The molecule has 0 aromatic heterocycles. The molecule has 0 fully saturated rings. The Balaban J connectivity index is 1.82. The second-order valence-electron chi connectivity index (χ2n) is 8.25. The third kappa shape index (κ3) is 3.88. The largest absolute Gasteiger partial charge is 0.493 e. The van der Waals surface area contributed by atoms with Crippen molar-refractivity contribution in [3.63, 3.8) is 0 Å². The van der Waals surface area contributed by atoms with Crippen LogP contribution >= 0.6 is 0 Å². The second kappa shape index (κ2) is 9.03. The van der Waals surface area contributed by atoms with Crippen LogP contribution in [0, 0.1) is 11.8 Å². The Hall–Kier alpha value is -2.62. The molecule has 2 aliphatic rings. The number of hydrogen-bond acceptors (Lipinski definition) is 4. The summed E-state index contributed by atoms with van der Waals surface area (Å²) in [6.07, 6.45) is 4.28. The molecule has 4 heteroatoms. The molecule has 30 heavy (non-hydrogen) atoms. The molecular formula is C26H32O4. The topological polar surface area (TPSA) is 36.9 Å². The Morgan fingerprint density at radius 3 is 1.50 bits per heavy atom. The van der Waals surface area contributed by atoms with Crippen LogP contribution in [0.4, 0.5) is 0 Å².